The summed E-state index contributed by atoms with van der Waals surface area (Å²) in [5, 5.41) is 0. The third kappa shape index (κ3) is 6.40. The molecule has 8 heteroatoms. The van der Waals surface area contributed by atoms with Gasteiger partial charge >= 0.3 is 6.09 Å². The van der Waals surface area contributed by atoms with Crippen LogP contribution in [-0.4, -0.2) is 101 Å². The van der Waals surface area contributed by atoms with E-state index >= 15 is 0 Å². The van der Waals surface area contributed by atoms with Crippen LogP contribution in [0.25, 0.3) is 0 Å². The van der Waals surface area contributed by atoms with Gasteiger partial charge in [-0.25, -0.2) is 4.79 Å². The van der Waals surface area contributed by atoms with Crippen LogP contribution in [-0.2, 0) is 14.3 Å². The van der Waals surface area contributed by atoms with E-state index in [1.54, 1.807) is 11.8 Å². The summed E-state index contributed by atoms with van der Waals surface area (Å²) in [5.74, 6) is 0.00581. The lowest BCUT2D eigenvalue weighted by Crippen LogP contribution is -2.54. The molecule has 188 valence electrons. The maximum absolute atomic E-state index is 13.5. The highest BCUT2D eigenvalue weighted by Crippen LogP contribution is 2.39. The number of piperazine rings is 1. The van der Waals surface area contributed by atoms with Gasteiger partial charge in [-0.2, -0.15) is 0 Å². The van der Waals surface area contributed by atoms with Gasteiger partial charge in [-0.3, -0.25) is 14.5 Å². The number of rotatable bonds is 3. The second kappa shape index (κ2) is 9.80. The molecular weight excluding hydrogens is 420 g/mol. The number of amides is 3. The Bertz CT molecular complexity index is 729. The Balaban J connectivity index is 1.80. The predicted octanol–water partition coefficient (Wildman–Crippen LogP) is 2.96. The van der Waals surface area contributed by atoms with Crippen molar-refractivity contribution in [2.45, 2.75) is 97.4 Å². The van der Waals surface area contributed by atoms with Gasteiger partial charge in [0.2, 0.25) is 11.8 Å². The Kier molecular flexibility index (Phi) is 7.66. The van der Waals surface area contributed by atoms with Crippen molar-refractivity contribution in [1.29, 1.82) is 0 Å². The van der Waals surface area contributed by atoms with Crippen molar-refractivity contribution in [1.82, 2.24) is 19.6 Å². The molecule has 0 aromatic rings. The van der Waals surface area contributed by atoms with Crippen molar-refractivity contribution in [2.75, 3.05) is 39.8 Å². The Morgan fingerprint density at radius 3 is 2.06 bits per heavy atom. The van der Waals surface area contributed by atoms with Crippen molar-refractivity contribution in [3.8, 4) is 0 Å². The molecule has 3 aliphatic rings. The molecule has 0 unspecified atom stereocenters. The summed E-state index contributed by atoms with van der Waals surface area (Å²) >= 11 is 0. The lowest BCUT2D eigenvalue weighted by Gasteiger charge is -2.42. The van der Waals surface area contributed by atoms with E-state index in [2.05, 4.69) is 25.8 Å². The van der Waals surface area contributed by atoms with Crippen molar-refractivity contribution < 1.29 is 19.1 Å². The Morgan fingerprint density at radius 1 is 0.970 bits per heavy atom. The molecule has 33 heavy (non-hydrogen) atoms. The molecule has 8 nitrogen and oxygen atoms in total. The third-order valence-electron chi connectivity index (χ3n) is 7.47. The minimum atomic E-state index is -0.647. The highest BCUT2D eigenvalue weighted by molar-refractivity contribution is 5.87. The van der Waals surface area contributed by atoms with Crippen LogP contribution < -0.4 is 0 Å². The van der Waals surface area contributed by atoms with Gasteiger partial charge in [0.15, 0.2) is 0 Å². The van der Waals surface area contributed by atoms with E-state index in [0.717, 1.165) is 38.8 Å². The zero-order valence-electron chi connectivity index (χ0n) is 21.7. The Labute approximate surface area is 199 Å². The van der Waals surface area contributed by atoms with E-state index < -0.39 is 17.7 Å². The third-order valence-corrected chi connectivity index (χ3v) is 7.47. The summed E-state index contributed by atoms with van der Waals surface area (Å²) < 4.78 is 5.67. The number of likely N-dealkylation sites (N-methyl/N-ethyl adjacent to an activating group) is 1. The quantitative estimate of drug-likeness (QED) is 0.642. The molecule has 2 saturated heterocycles. The predicted molar refractivity (Wildman–Crippen MR) is 128 cm³/mol. The molecule has 2 atom stereocenters. The number of carbonyl (C=O) groups excluding carboxylic acids is 3. The number of carbonyl (C=O) groups is 3. The van der Waals surface area contributed by atoms with E-state index in [9.17, 15) is 14.4 Å². The molecule has 2 heterocycles. The number of nitrogens with zero attached hydrogens (tertiary/aromatic N) is 4. The minimum absolute atomic E-state index is 0.0234. The van der Waals surface area contributed by atoms with Gasteiger partial charge < -0.3 is 19.4 Å². The van der Waals surface area contributed by atoms with Gasteiger partial charge in [0, 0.05) is 45.7 Å². The number of hydrogen-bond donors (Lipinski definition) is 0. The van der Waals surface area contributed by atoms with E-state index in [-0.39, 0.29) is 23.9 Å². The lowest BCUT2D eigenvalue weighted by atomic mass is 9.75. The first-order valence-corrected chi connectivity index (χ1v) is 12.5. The summed E-state index contributed by atoms with van der Waals surface area (Å²) in [4.78, 5) is 47.1. The smallest absolute Gasteiger partial charge is 0.411 e. The van der Waals surface area contributed by atoms with Crippen LogP contribution in [0.15, 0.2) is 0 Å². The molecule has 0 aromatic carbocycles. The van der Waals surface area contributed by atoms with Crippen molar-refractivity contribution in [2.24, 2.45) is 5.41 Å². The first-order valence-electron chi connectivity index (χ1n) is 12.5. The summed E-state index contributed by atoms with van der Waals surface area (Å²) in [7, 11) is 2.05. The van der Waals surface area contributed by atoms with Crippen LogP contribution in [0.4, 0.5) is 4.79 Å². The minimum Gasteiger partial charge on any atom is -0.444 e. The van der Waals surface area contributed by atoms with Crippen LogP contribution in [0.5, 0.6) is 0 Å². The van der Waals surface area contributed by atoms with E-state index in [0.29, 0.717) is 31.5 Å². The second-order valence-electron chi connectivity index (χ2n) is 12.0. The molecular formula is C25H44N4O4. The number of ether oxygens (including phenoxy) is 1. The summed E-state index contributed by atoms with van der Waals surface area (Å²) in [6, 6.07) is -0.587. The van der Waals surface area contributed by atoms with E-state index in [4.69, 9.17) is 4.74 Å². The topological polar surface area (TPSA) is 73.4 Å². The first kappa shape index (κ1) is 25.8. The summed E-state index contributed by atoms with van der Waals surface area (Å²) in [6.45, 7) is 15.0. The zero-order chi connectivity index (χ0) is 24.6. The highest BCUT2D eigenvalue weighted by Gasteiger charge is 2.47. The molecule has 1 aliphatic carbocycles. The molecule has 0 bridgehead atoms. The SMILES string of the molecule is CC(=O)N(C1CCC(C)(C)CC1)[C@H]1C[C@@H](C(=O)N2CCN(C)CC2)N(C(=O)OC(C)(C)C)C1. The molecule has 2 aliphatic heterocycles. The number of hydrogen-bond acceptors (Lipinski definition) is 5. The summed E-state index contributed by atoms with van der Waals surface area (Å²) in [5.41, 5.74) is -0.344. The molecule has 3 rings (SSSR count). The fraction of sp³-hybridized carbons (Fsp3) is 0.880. The monoisotopic (exact) mass is 464 g/mol. The van der Waals surface area contributed by atoms with Gasteiger partial charge in [-0.05, 0) is 65.3 Å². The fourth-order valence-corrected chi connectivity index (χ4v) is 5.48. The molecule has 0 spiro atoms. The molecule has 0 N–H and O–H groups in total. The normalized spacial score (nSPS) is 26.9. The van der Waals surface area contributed by atoms with E-state index in [1.165, 1.54) is 0 Å². The van der Waals surface area contributed by atoms with Crippen LogP contribution in [0.3, 0.4) is 0 Å². The van der Waals surface area contributed by atoms with Crippen LogP contribution >= 0.6 is 0 Å². The molecule has 0 aromatic heterocycles. The van der Waals surface area contributed by atoms with E-state index in [1.807, 2.05) is 30.6 Å². The molecule has 3 amide bonds. The maximum Gasteiger partial charge on any atom is 0.411 e. The van der Waals surface area contributed by atoms with Gasteiger partial charge in [0.1, 0.15) is 11.6 Å². The van der Waals surface area contributed by atoms with Gasteiger partial charge in [-0.15, -0.1) is 0 Å². The average molecular weight is 465 g/mol. The largest absolute Gasteiger partial charge is 0.444 e. The Morgan fingerprint density at radius 2 is 1.55 bits per heavy atom. The van der Waals surface area contributed by atoms with Gasteiger partial charge in [-0.1, -0.05) is 13.8 Å². The zero-order valence-corrected chi connectivity index (χ0v) is 21.7. The van der Waals surface area contributed by atoms with Crippen molar-refractivity contribution in [3.05, 3.63) is 0 Å². The van der Waals surface area contributed by atoms with Crippen LogP contribution in [0, 0.1) is 5.41 Å². The summed E-state index contributed by atoms with van der Waals surface area (Å²) in [6.07, 6.45) is 4.09. The average Bonchev–Trinajstić information content (AvgIpc) is 3.13. The number of likely N-dealkylation sites (tertiary alicyclic amines) is 1. The highest BCUT2D eigenvalue weighted by atomic mass is 16.6. The maximum atomic E-state index is 13.5. The van der Waals surface area contributed by atoms with Crippen LogP contribution in [0.1, 0.15) is 73.6 Å². The second-order valence-corrected chi connectivity index (χ2v) is 12.0. The van der Waals surface area contributed by atoms with Crippen molar-refractivity contribution in [3.63, 3.8) is 0 Å². The first-order chi connectivity index (χ1) is 15.3. The fourth-order valence-electron chi connectivity index (χ4n) is 5.48. The Hall–Kier alpha value is -1.83. The molecule has 3 fully saturated rings. The van der Waals surface area contributed by atoms with Crippen LogP contribution in [0.2, 0.25) is 0 Å². The van der Waals surface area contributed by atoms with Gasteiger partial charge in [0.05, 0.1) is 6.04 Å². The van der Waals surface area contributed by atoms with Crippen molar-refractivity contribution >= 4 is 17.9 Å². The van der Waals surface area contributed by atoms with Gasteiger partial charge in [0.25, 0.3) is 0 Å². The molecule has 1 saturated carbocycles. The standard InChI is InChI=1S/C25H44N4O4/c1-18(30)29(19-8-10-25(5,6)11-9-19)20-16-21(22(31)27-14-12-26(7)13-15-27)28(17-20)23(32)33-24(2,3)4/h19-21H,8-17H2,1-7H3/t20-,21-/m0/s1. The molecule has 0 radical (unpaired) electrons. The lowest BCUT2D eigenvalue weighted by molar-refractivity contribution is -0.138.